The molecule has 0 aliphatic heterocycles. The minimum Gasteiger partial charge on any atom is -0.301 e. The summed E-state index contributed by atoms with van der Waals surface area (Å²) in [6.45, 7) is 8.34. The van der Waals surface area contributed by atoms with Gasteiger partial charge in [-0.2, -0.15) is 0 Å². The maximum Gasteiger partial charge on any atom is 0.273 e. The summed E-state index contributed by atoms with van der Waals surface area (Å²) < 4.78 is 24.1. The molecule has 0 fully saturated rings. The maximum absolute atomic E-state index is 11.3. The highest BCUT2D eigenvalue weighted by Gasteiger charge is 2.29. The van der Waals surface area contributed by atoms with Crippen LogP contribution in [-0.4, -0.2) is 23.2 Å². The van der Waals surface area contributed by atoms with Crippen LogP contribution in [0.3, 0.4) is 0 Å². The summed E-state index contributed by atoms with van der Waals surface area (Å²) in [4.78, 5) is 0. The zero-order chi connectivity index (χ0) is 12.6. The lowest BCUT2D eigenvalue weighted by atomic mass is 9.89. The predicted molar refractivity (Wildman–Crippen MR) is 60.4 cm³/mol. The van der Waals surface area contributed by atoms with Crippen molar-refractivity contribution in [2.75, 3.05) is 0 Å². The number of sulfonamides is 1. The Bertz CT molecular complexity index is 476. The van der Waals surface area contributed by atoms with Gasteiger partial charge in [0.05, 0.1) is 0 Å². The van der Waals surface area contributed by atoms with Crippen LogP contribution in [0.2, 0.25) is 0 Å². The third-order valence-electron chi connectivity index (χ3n) is 2.78. The van der Waals surface area contributed by atoms with E-state index in [9.17, 15) is 8.42 Å². The van der Waals surface area contributed by atoms with Gasteiger partial charge in [-0.05, 0) is 13.3 Å². The molecule has 0 saturated carbocycles. The van der Waals surface area contributed by atoms with Gasteiger partial charge in [-0.15, -0.1) is 10.2 Å². The van der Waals surface area contributed by atoms with E-state index in [1.807, 2.05) is 27.7 Å². The highest BCUT2D eigenvalue weighted by molar-refractivity contribution is 7.89. The average molecular weight is 246 g/mol. The first-order valence-corrected chi connectivity index (χ1v) is 6.75. The van der Waals surface area contributed by atoms with E-state index in [4.69, 9.17) is 5.14 Å². The molecule has 0 atom stereocenters. The number of hydrogen-bond acceptors (Lipinski definition) is 4. The van der Waals surface area contributed by atoms with Crippen LogP contribution in [0.5, 0.6) is 0 Å². The SMILES string of the molecule is CCn1c(C(C)(C)CC)nnc1S(N)(=O)=O. The Morgan fingerprint density at radius 3 is 2.25 bits per heavy atom. The van der Waals surface area contributed by atoms with Crippen molar-refractivity contribution in [1.82, 2.24) is 14.8 Å². The summed E-state index contributed by atoms with van der Waals surface area (Å²) in [5, 5.41) is 12.5. The molecule has 2 N–H and O–H groups in total. The second-order valence-corrected chi connectivity index (χ2v) is 5.79. The average Bonchev–Trinajstić information content (AvgIpc) is 2.60. The van der Waals surface area contributed by atoms with Crippen LogP contribution in [0.4, 0.5) is 0 Å². The molecule has 1 aromatic heterocycles. The largest absolute Gasteiger partial charge is 0.301 e. The second kappa shape index (κ2) is 4.14. The van der Waals surface area contributed by atoms with Gasteiger partial charge in [0.25, 0.3) is 15.2 Å². The molecule has 92 valence electrons. The molecule has 0 radical (unpaired) electrons. The fourth-order valence-electron chi connectivity index (χ4n) is 1.44. The molecule has 1 heterocycles. The van der Waals surface area contributed by atoms with Crippen molar-refractivity contribution < 1.29 is 8.42 Å². The molecular weight excluding hydrogens is 228 g/mol. The van der Waals surface area contributed by atoms with E-state index in [-0.39, 0.29) is 10.6 Å². The quantitative estimate of drug-likeness (QED) is 0.843. The topological polar surface area (TPSA) is 90.9 Å². The Morgan fingerprint density at radius 2 is 1.88 bits per heavy atom. The van der Waals surface area contributed by atoms with Crippen LogP contribution >= 0.6 is 0 Å². The summed E-state index contributed by atoms with van der Waals surface area (Å²) in [5.74, 6) is 0.654. The minimum atomic E-state index is -3.80. The highest BCUT2D eigenvalue weighted by atomic mass is 32.2. The van der Waals surface area contributed by atoms with E-state index < -0.39 is 10.0 Å². The molecule has 0 spiro atoms. The van der Waals surface area contributed by atoms with Crippen LogP contribution in [-0.2, 0) is 22.0 Å². The minimum absolute atomic E-state index is 0.161. The maximum atomic E-state index is 11.3. The Balaban J connectivity index is 3.42. The number of hydrogen-bond donors (Lipinski definition) is 1. The first-order valence-electron chi connectivity index (χ1n) is 5.20. The monoisotopic (exact) mass is 246 g/mol. The molecule has 0 aromatic carbocycles. The third kappa shape index (κ3) is 2.25. The number of primary sulfonamides is 1. The van der Waals surface area contributed by atoms with Crippen molar-refractivity contribution in [3.8, 4) is 0 Å². The predicted octanol–water partition coefficient (Wildman–Crippen LogP) is 0.633. The number of nitrogens with zero attached hydrogens (tertiary/aromatic N) is 3. The summed E-state index contributed by atoms with van der Waals surface area (Å²) >= 11 is 0. The molecule has 0 amide bonds. The van der Waals surface area contributed by atoms with E-state index in [1.54, 1.807) is 4.57 Å². The highest BCUT2D eigenvalue weighted by Crippen LogP contribution is 2.26. The first-order chi connectivity index (χ1) is 7.24. The molecule has 0 bridgehead atoms. The smallest absolute Gasteiger partial charge is 0.273 e. The Labute approximate surface area is 95.9 Å². The van der Waals surface area contributed by atoms with E-state index in [0.717, 1.165) is 6.42 Å². The Morgan fingerprint density at radius 1 is 1.31 bits per heavy atom. The summed E-state index contributed by atoms with van der Waals surface area (Å²) in [6, 6.07) is 0. The van der Waals surface area contributed by atoms with Crippen molar-refractivity contribution in [2.24, 2.45) is 5.14 Å². The van der Waals surface area contributed by atoms with Crippen LogP contribution < -0.4 is 5.14 Å². The number of nitrogens with two attached hydrogens (primary N) is 1. The standard InChI is InChI=1S/C9H18N4O2S/c1-5-9(3,4)7-11-12-8(13(7)6-2)16(10,14)15/h5-6H2,1-4H3,(H2,10,14,15). The fraction of sp³-hybridized carbons (Fsp3) is 0.778. The summed E-state index contributed by atoms with van der Waals surface area (Å²) in [5.41, 5.74) is -0.216. The molecular formula is C9H18N4O2S. The van der Waals surface area contributed by atoms with Crippen LogP contribution in [0.15, 0.2) is 5.16 Å². The Kier molecular flexibility index (Phi) is 3.39. The van der Waals surface area contributed by atoms with E-state index in [0.29, 0.717) is 12.4 Å². The molecule has 1 aromatic rings. The normalized spacial score (nSPS) is 13.1. The molecule has 7 heteroatoms. The van der Waals surface area contributed by atoms with Gasteiger partial charge >= 0.3 is 0 Å². The lowest BCUT2D eigenvalue weighted by Crippen LogP contribution is -2.25. The lowest BCUT2D eigenvalue weighted by molar-refractivity contribution is 0.437. The Hall–Kier alpha value is -0.950. The molecule has 0 aliphatic carbocycles. The number of aromatic nitrogens is 3. The van der Waals surface area contributed by atoms with Gasteiger partial charge in [0.15, 0.2) is 0 Å². The van der Waals surface area contributed by atoms with Gasteiger partial charge in [0.1, 0.15) is 5.82 Å². The third-order valence-corrected chi connectivity index (χ3v) is 3.59. The van der Waals surface area contributed by atoms with Crippen molar-refractivity contribution in [3.63, 3.8) is 0 Å². The second-order valence-electron chi connectivity index (χ2n) is 4.33. The van der Waals surface area contributed by atoms with Gasteiger partial charge in [-0.25, -0.2) is 13.6 Å². The molecule has 6 nitrogen and oxygen atoms in total. The van der Waals surface area contributed by atoms with Crippen LogP contribution in [0, 0.1) is 0 Å². The van der Waals surface area contributed by atoms with E-state index in [1.165, 1.54) is 0 Å². The zero-order valence-corrected chi connectivity index (χ0v) is 10.9. The van der Waals surface area contributed by atoms with E-state index >= 15 is 0 Å². The molecule has 16 heavy (non-hydrogen) atoms. The molecule has 0 saturated heterocycles. The summed E-state index contributed by atoms with van der Waals surface area (Å²) in [6.07, 6.45) is 0.843. The van der Waals surface area contributed by atoms with Gasteiger partial charge in [0.2, 0.25) is 0 Å². The molecule has 1 rings (SSSR count). The van der Waals surface area contributed by atoms with Crippen molar-refractivity contribution in [1.29, 1.82) is 0 Å². The van der Waals surface area contributed by atoms with Crippen molar-refractivity contribution in [2.45, 2.75) is 51.2 Å². The molecule has 0 unspecified atom stereocenters. The van der Waals surface area contributed by atoms with Crippen molar-refractivity contribution in [3.05, 3.63) is 5.82 Å². The van der Waals surface area contributed by atoms with Gasteiger partial charge in [0, 0.05) is 12.0 Å². The van der Waals surface area contributed by atoms with Gasteiger partial charge < -0.3 is 4.57 Å². The first kappa shape index (κ1) is 13.1. The van der Waals surface area contributed by atoms with Gasteiger partial charge in [-0.3, -0.25) is 0 Å². The number of rotatable bonds is 4. The molecule has 0 aliphatic rings. The zero-order valence-electron chi connectivity index (χ0n) is 10.1. The van der Waals surface area contributed by atoms with Crippen LogP contribution in [0.25, 0.3) is 0 Å². The lowest BCUT2D eigenvalue weighted by Gasteiger charge is -2.22. The van der Waals surface area contributed by atoms with E-state index in [2.05, 4.69) is 10.2 Å². The summed E-state index contributed by atoms with van der Waals surface area (Å²) in [7, 11) is -3.80. The fourth-order valence-corrected chi connectivity index (χ4v) is 2.12. The van der Waals surface area contributed by atoms with Crippen LogP contribution in [0.1, 0.15) is 39.9 Å². The van der Waals surface area contributed by atoms with Gasteiger partial charge in [-0.1, -0.05) is 20.8 Å². The van der Waals surface area contributed by atoms with Crippen molar-refractivity contribution >= 4 is 10.0 Å².